The van der Waals surface area contributed by atoms with E-state index in [4.69, 9.17) is 0 Å². The van der Waals surface area contributed by atoms with E-state index in [0.29, 0.717) is 18.5 Å². The molecule has 0 heterocycles. The van der Waals surface area contributed by atoms with Gasteiger partial charge in [0.25, 0.3) is 0 Å². The number of phenolic OH excluding ortho intramolecular Hbond substituents is 1. The number of aryl methyl sites for hydroxylation is 1. The first-order chi connectivity index (χ1) is 11.5. The lowest BCUT2D eigenvalue weighted by molar-refractivity contribution is -0.118. The molecule has 0 atom stereocenters. The maximum absolute atomic E-state index is 12.1. The summed E-state index contributed by atoms with van der Waals surface area (Å²) in [6, 6.07) is 14.2. The maximum atomic E-state index is 12.1. The van der Waals surface area contributed by atoms with E-state index in [1.807, 2.05) is 37.3 Å². The molecule has 0 saturated carbocycles. The summed E-state index contributed by atoms with van der Waals surface area (Å²) in [5, 5.41) is 12.2. The van der Waals surface area contributed by atoms with Gasteiger partial charge in [-0.15, -0.1) is 0 Å². The molecule has 126 valence electrons. The molecular formula is C19H22N2O3. The standard InChI is InChI=1S/C19H22N2O3/c1-14-13-16(22)11-12-17(14)20-18(23)9-6-10-19(24)21(2)15-7-4-3-5-8-15/h3-5,7-8,11-13,22H,6,9-10H2,1-2H3,(H,20,23). The highest BCUT2D eigenvalue weighted by atomic mass is 16.3. The molecule has 0 radical (unpaired) electrons. The molecule has 5 nitrogen and oxygen atoms in total. The highest BCUT2D eigenvalue weighted by Crippen LogP contribution is 2.20. The monoisotopic (exact) mass is 326 g/mol. The zero-order chi connectivity index (χ0) is 17.5. The van der Waals surface area contributed by atoms with Crippen molar-refractivity contribution in [2.24, 2.45) is 0 Å². The van der Waals surface area contributed by atoms with Crippen molar-refractivity contribution in [2.45, 2.75) is 26.2 Å². The third kappa shape index (κ3) is 4.84. The number of carbonyl (C=O) groups excluding carboxylic acids is 2. The lowest BCUT2D eigenvalue weighted by Gasteiger charge is -2.17. The molecule has 2 amide bonds. The molecule has 0 spiro atoms. The van der Waals surface area contributed by atoms with Gasteiger partial charge in [-0.25, -0.2) is 0 Å². The zero-order valence-corrected chi connectivity index (χ0v) is 14.0. The van der Waals surface area contributed by atoms with Crippen molar-refractivity contribution in [1.29, 1.82) is 0 Å². The van der Waals surface area contributed by atoms with E-state index in [1.54, 1.807) is 24.1 Å². The Morgan fingerprint density at radius 2 is 1.79 bits per heavy atom. The number of nitrogens with one attached hydrogen (secondary N) is 1. The molecule has 0 saturated heterocycles. The predicted octanol–water partition coefficient (Wildman–Crippen LogP) is 3.47. The van der Waals surface area contributed by atoms with Crippen molar-refractivity contribution < 1.29 is 14.7 Å². The Hall–Kier alpha value is -2.82. The van der Waals surface area contributed by atoms with Crippen molar-refractivity contribution >= 4 is 23.2 Å². The molecule has 2 aromatic rings. The van der Waals surface area contributed by atoms with E-state index < -0.39 is 0 Å². The van der Waals surface area contributed by atoms with Gasteiger partial charge >= 0.3 is 0 Å². The van der Waals surface area contributed by atoms with Crippen LogP contribution >= 0.6 is 0 Å². The average Bonchev–Trinajstić information content (AvgIpc) is 2.57. The van der Waals surface area contributed by atoms with Crippen LogP contribution in [0.3, 0.4) is 0 Å². The topological polar surface area (TPSA) is 69.6 Å². The van der Waals surface area contributed by atoms with E-state index in [-0.39, 0.29) is 24.0 Å². The molecule has 24 heavy (non-hydrogen) atoms. The van der Waals surface area contributed by atoms with Crippen LogP contribution in [0.15, 0.2) is 48.5 Å². The predicted molar refractivity (Wildman–Crippen MR) is 95.2 cm³/mol. The Labute approximate surface area is 141 Å². The number of anilines is 2. The van der Waals surface area contributed by atoms with Crippen LogP contribution in [0.1, 0.15) is 24.8 Å². The first-order valence-corrected chi connectivity index (χ1v) is 7.88. The van der Waals surface area contributed by atoms with Gasteiger partial charge in [0.2, 0.25) is 11.8 Å². The maximum Gasteiger partial charge on any atom is 0.226 e. The lowest BCUT2D eigenvalue weighted by atomic mass is 10.1. The van der Waals surface area contributed by atoms with Crippen LogP contribution in [0.25, 0.3) is 0 Å². The number of rotatable bonds is 6. The Morgan fingerprint density at radius 3 is 2.46 bits per heavy atom. The van der Waals surface area contributed by atoms with Crippen molar-refractivity contribution in [3.8, 4) is 5.75 Å². The van der Waals surface area contributed by atoms with Crippen molar-refractivity contribution in [2.75, 3.05) is 17.3 Å². The van der Waals surface area contributed by atoms with Gasteiger partial charge in [0.15, 0.2) is 0 Å². The fourth-order valence-electron chi connectivity index (χ4n) is 2.36. The van der Waals surface area contributed by atoms with Crippen molar-refractivity contribution in [3.63, 3.8) is 0 Å². The largest absolute Gasteiger partial charge is 0.508 e. The summed E-state index contributed by atoms with van der Waals surface area (Å²) in [7, 11) is 1.73. The first kappa shape index (κ1) is 17.5. The van der Waals surface area contributed by atoms with E-state index in [0.717, 1.165) is 11.3 Å². The number of benzene rings is 2. The van der Waals surface area contributed by atoms with Gasteiger partial charge in [0.1, 0.15) is 5.75 Å². The van der Waals surface area contributed by atoms with E-state index in [2.05, 4.69) is 5.32 Å². The molecule has 0 bridgehead atoms. The molecule has 0 aliphatic heterocycles. The molecule has 0 aliphatic carbocycles. The number of hydrogen-bond donors (Lipinski definition) is 2. The molecule has 5 heteroatoms. The zero-order valence-electron chi connectivity index (χ0n) is 14.0. The average molecular weight is 326 g/mol. The van der Waals surface area contributed by atoms with Crippen molar-refractivity contribution in [3.05, 3.63) is 54.1 Å². The van der Waals surface area contributed by atoms with Gasteiger partial charge < -0.3 is 15.3 Å². The fraction of sp³-hybridized carbons (Fsp3) is 0.263. The molecule has 0 aromatic heterocycles. The smallest absolute Gasteiger partial charge is 0.226 e. The first-order valence-electron chi connectivity index (χ1n) is 7.88. The molecule has 2 rings (SSSR count). The summed E-state index contributed by atoms with van der Waals surface area (Å²) in [5.41, 5.74) is 2.31. The number of hydrogen-bond acceptors (Lipinski definition) is 3. The second-order valence-corrected chi connectivity index (χ2v) is 5.69. The minimum atomic E-state index is -0.140. The summed E-state index contributed by atoms with van der Waals surface area (Å²) in [6.07, 6.45) is 1.07. The molecule has 0 fully saturated rings. The van der Waals surface area contributed by atoms with Gasteiger partial charge in [0, 0.05) is 31.3 Å². The van der Waals surface area contributed by atoms with E-state index in [1.165, 1.54) is 6.07 Å². The third-order valence-electron chi connectivity index (χ3n) is 3.80. The minimum absolute atomic E-state index is 0.0187. The second-order valence-electron chi connectivity index (χ2n) is 5.69. The number of aromatic hydroxyl groups is 1. The Kier molecular flexibility index (Phi) is 5.95. The van der Waals surface area contributed by atoms with Crippen LogP contribution in [-0.4, -0.2) is 24.0 Å². The lowest BCUT2D eigenvalue weighted by Crippen LogP contribution is -2.26. The number of carbonyl (C=O) groups is 2. The highest BCUT2D eigenvalue weighted by molar-refractivity contribution is 5.94. The van der Waals surface area contributed by atoms with Crippen LogP contribution in [0.4, 0.5) is 11.4 Å². The summed E-state index contributed by atoms with van der Waals surface area (Å²) in [5.74, 6) is 0.00816. The van der Waals surface area contributed by atoms with Crippen LogP contribution < -0.4 is 10.2 Å². The number of para-hydroxylation sites is 1. The SMILES string of the molecule is Cc1cc(O)ccc1NC(=O)CCCC(=O)N(C)c1ccccc1. The second kappa shape index (κ2) is 8.15. The molecule has 2 aromatic carbocycles. The Bertz CT molecular complexity index is 714. The minimum Gasteiger partial charge on any atom is -0.508 e. The molecule has 0 unspecified atom stereocenters. The van der Waals surface area contributed by atoms with Crippen molar-refractivity contribution in [1.82, 2.24) is 0 Å². The molecule has 0 aliphatic rings. The van der Waals surface area contributed by atoms with Gasteiger partial charge in [-0.05, 0) is 49.2 Å². The summed E-state index contributed by atoms with van der Waals surface area (Å²) in [6.45, 7) is 1.81. The summed E-state index contributed by atoms with van der Waals surface area (Å²) >= 11 is 0. The van der Waals surface area contributed by atoms with Crippen LogP contribution in [0.2, 0.25) is 0 Å². The fourth-order valence-corrected chi connectivity index (χ4v) is 2.36. The Balaban J connectivity index is 1.79. The molecular weight excluding hydrogens is 304 g/mol. The summed E-state index contributed by atoms with van der Waals surface area (Å²) in [4.78, 5) is 25.7. The Morgan fingerprint density at radius 1 is 1.08 bits per heavy atom. The van der Waals surface area contributed by atoms with Crippen LogP contribution in [0.5, 0.6) is 5.75 Å². The highest BCUT2D eigenvalue weighted by Gasteiger charge is 2.12. The van der Waals surface area contributed by atoms with Gasteiger partial charge in [-0.1, -0.05) is 18.2 Å². The van der Waals surface area contributed by atoms with E-state index in [9.17, 15) is 14.7 Å². The normalized spacial score (nSPS) is 10.2. The van der Waals surface area contributed by atoms with Gasteiger partial charge in [-0.3, -0.25) is 9.59 Å². The third-order valence-corrected chi connectivity index (χ3v) is 3.80. The number of phenols is 1. The van der Waals surface area contributed by atoms with Crippen LogP contribution in [0, 0.1) is 6.92 Å². The number of nitrogens with zero attached hydrogens (tertiary/aromatic N) is 1. The quantitative estimate of drug-likeness (QED) is 0.799. The van der Waals surface area contributed by atoms with Crippen LogP contribution in [-0.2, 0) is 9.59 Å². The van der Waals surface area contributed by atoms with Gasteiger partial charge in [0.05, 0.1) is 0 Å². The van der Waals surface area contributed by atoms with E-state index >= 15 is 0 Å². The number of amides is 2. The molecule has 2 N–H and O–H groups in total. The van der Waals surface area contributed by atoms with Gasteiger partial charge in [-0.2, -0.15) is 0 Å². The summed E-state index contributed by atoms with van der Waals surface area (Å²) < 4.78 is 0.